The molecule has 0 bridgehead atoms. The van der Waals surface area contributed by atoms with E-state index in [1.165, 1.54) is 20.1 Å². The van der Waals surface area contributed by atoms with Crippen molar-refractivity contribution < 1.29 is 19.4 Å². The van der Waals surface area contributed by atoms with E-state index >= 15 is 0 Å². The molecule has 11 nitrogen and oxygen atoms in total. The predicted molar refractivity (Wildman–Crippen MR) is 121 cm³/mol. The Labute approximate surface area is 185 Å². The molecular weight excluding hydrogens is 414 g/mol. The summed E-state index contributed by atoms with van der Waals surface area (Å²) in [5.74, 6) is -1.19. The third-order valence-electron chi connectivity index (χ3n) is 4.31. The fraction of sp³-hybridized carbons (Fsp3) is 0.286. The average molecular weight is 441 g/mol. The van der Waals surface area contributed by atoms with Crippen LogP contribution in [0.4, 0.5) is 16.3 Å². The molecule has 0 fully saturated rings. The standard InChI is InChI=1S/C21H27N7O4/c1-11(22)32-19(25)16-15(18(24)31-4)13(23)10-14(26-16)27-20(29)28-17(21(2,3)30)12-8-6-5-7-9-12/h5-10,17,22,24-25,30H,1-4H3,(H4,23,26,27,28,29)/t17-/m0/s1. The fourth-order valence-corrected chi connectivity index (χ4v) is 2.93. The van der Waals surface area contributed by atoms with Crippen LogP contribution in [0.25, 0.3) is 0 Å². The number of urea groups is 1. The Bertz CT molecular complexity index is 1030. The van der Waals surface area contributed by atoms with Gasteiger partial charge in [-0.2, -0.15) is 0 Å². The molecule has 0 saturated heterocycles. The zero-order chi connectivity index (χ0) is 24.1. The lowest BCUT2D eigenvalue weighted by Crippen LogP contribution is -2.44. The minimum atomic E-state index is -1.27. The van der Waals surface area contributed by atoms with Crippen LogP contribution in [-0.4, -0.2) is 46.5 Å². The summed E-state index contributed by atoms with van der Waals surface area (Å²) in [6.45, 7) is 4.47. The topological polar surface area (TPSA) is 190 Å². The fourth-order valence-electron chi connectivity index (χ4n) is 2.93. The molecule has 0 aliphatic rings. The first-order valence-electron chi connectivity index (χ1n) is 9.54. The number of ether oxygens (including phenoxy) is 2. The lowest BCUT2D eigenvalue weighted by molar-refractivity contribution is 0.0415. The second-order valence-corrected chi connectivity index (χ2v) is 7.44. The highest BCUT2D eigenvalue weighted by Gasteiger charge is 2.30. The highest BCUT2D eigenvalue weighted by Crippen LogP contribution is 2.26. The van der Waals surface area contributed by atoms with E-state index < -0.39 is 23.6 Å². The lowest BCUT2D eigenvalue weighted by Gasteiger charge is -2.30. The maximum atomic E-state index is 12.7. The van der Waals surface area contributed by atoms with E-state index in [9.17, 15) is 9.90 Å². The molecule has 0 aliphatic carbocycles. The molecule has 2 amide bonds. The van der Waals surface area contributed by atoms with Crippen LogP contribution < -0.4 is 16.4 Å². The molecule has 1 atom stereocenters. The van der Waals surface area contributed by atoms with Gasteiger partial charge in [0.05, 0.1) is 30.0 Å². The Morgan fingerprint density at radius 1 is 1.19 bits per heavy atom. The lowest BCUT2D eigenvalue weighted by atomic mass is 9.92. The largest absolute Gasteiger partial charge is 0.481 e. The quantitative estimate of drug-likeness (QED) is 0.266. The minimum absolute atomic E-state index is 0.00947. The first kappa shape index (κ1) is 24.3. The molecule has 2 aromatic rings. The molecule has 8 N–H and O–H groups in total. The van der Waals surface area contributed by atoms with Gasteiger partial charge in [-0.15, -0.1) is 0 Å². The van der Waals surface area contributed by atoms with Crippen LogP contribution in [0.3, 0.4) is 0 Å². The van der Waals surface area contributed by atoms with Crippen molar-refractivity contribution in [2.45, 2.75) is 32.4 Å². The van der Waals surface area contributed by atoms with Crippen molar-refractivity contribution in [3.63, 3.8) is 0 Å². The Balaban J connectivity index is 2.36. The number of aromatic nitrogens is 1. The van der Waals surface area contributed by atoms with E-state index in [0.29, 0.717) is 5.56 Å². The van der Waals surface area contributed by atoms with Crippen molar-refractivity contribution in [1.82, 2.24) is 10.3 Å². The smallest absolute Gasteiger partial charge is 0.320 e. The number of amides is 2. The summed E-state index contributed by atoms with van der Waals surface area (Å²) in [6.07, 6.45) is 0. The summed E-state index contributed by atoms with van der Waals surface area (Å²) in [4.78, 5) is 16.8. The maximum absolute atomic E-state index is 12.7. The monoisotopic (exact) mass is 441 g/mol. The number of benzene rings is 1. The summed E-state index contributed by atoms with van der Waals surface area (Å²) in [5, 5.41) is 39.2. The van der Waals surface area contributed by atoms with Gasteiger partial charge in [0.2, 0.25) is 11.8 Å². The van der Waals surface area contributed by atoms with Gasteiger partial charge in [-0.3, -0.25) is 21.5 Å². The Hall–Kier alpha value is -3.99. The number of nitrogens with two attached hydrogens (primary N) is 1. The molecule has 0 radical (unpaired) electrons. The summed E-state index contributed by atoms with van der Waals surface area (Å²) in [6, 6.07) is 8.86. The number of anilines is 2. The van der Waals surface area contributed by atoms with Crippen molar-refractivity contribution in [2.24, 2.45) is 0 Å². The van der Waals surface area contributed by atoms with Crippen molar-refractivity contribution >= 4 is 35.2 Å². The van der Waals surface area contributed by atoms with Gasteiger partial charge in [0.25, 0.3) is 0 Å². The van der Waals surface area contributed by atoms with E-state index in [0.717, 1.165) is 0 Å². The van der Waals surface area contributed by atoms with Crippen LogP contribution >= 0.6 is 0 Å². The number of hydrogen-bond acceptors (Lipinski definition) is 9. The second-order valence-electron chi connectivity index (χ2n) is 7.44. The molecule has 0 unspecified atom stereocenters. The third-order valence-corrected chi connectivity index (χ3v) is 4.31. The zero-order valence-electron chi connectivity index (χ0n) is 18.2. The summed E-state index contributed by atoms with van der Waals surface area (Å²) >= 11 is 0. The van der Waals surface area contributed by atoms with E-state index in [1.54, 1.807) is 38.1 Å². The summed E-state index contributed by atoms with van der Waals surface area (Å²) in [7, 11) is 1.26. The van der Waals surface area contributed by atoms with Crippen molar-refractivity contribution in [3.8, 4) is 0 Å². The van der Waals surface area contributed by atoms with Crippen LogP contribution in [0.1, 0.15) is 43.6 Å². The van der Waals surface area contributed by atoms with Gasteiger partial charge >= 0.3 is 6.03 Å². The van der Waals surface area contributed by atoms with Gasteiger partial charge in [-0.1, -0.05) is 30.3 Å². The Morgan fingerprint density at radius 2 is 1.81 bits per heavy atom. The van der Waals surface area contributed by atoms with Gasteiger partial charge in [-0.25, -0.2) is 9.78 Å². The molecule has 11 heteroatoms. The number of carbonyl (C=O) groups is 1. The number of hydrogen-bond donors (Lipinski definition) is 7. The van der Waals surface area contributed by atoms with Crippen LogP contribution in [0.5, 0.6) is 0 Å². The van der Waals surface area contributed by atoms with Gasteiger partial charge in [0.1, 0.15) is 11.5 Å². The molecule has 32 heavy (non-hydrogen) atoms. The predicted octanol–water partition coefficient (Wildman–Crippen LogP) is 2.61. The van der Waals surface area contributed by atoms with E-state index in [1.807, 2.05) is 6.07 Å². The van der Waals surface area contributed by atoms with E-state index in [4.69, 9.17) is 31.4 Å². The first-order valence-corrected chi connectivity index (χ1v) is 9.54. The summed E-state index contributed by atoms with van der Waals surface area (Å²) in [5.41, 5.74) is 5.27. The maximum Gasteiger partial charge on any atom is 0.320 e. The van der Waals surface area contributed by atoms with Gasteiger partial charge in [0.15, 0.2) is 5.90 Å². The number of rotatable bonds is 6. The van der Waals surface area contributed by atoms with Gasteiger partial charge in [-0.05, 0) is 19.4 Å². The number of nitrogens with zero attached hydrogens (tertiary/aromatic N) is 1. The second kappa shape index (κ2) is 9.88. The molecule has 0 aliphatic heterocycles. The SMILES string of the molecule is COC(=N)c1c(N)cc(NC(=O)N[C@@H](c2ccccc2)C(C)(C)O)nc1C(=N)OC(C)=N. The van der Waals surface area contributed by atoms with Crippen molar-refractivity contribution in [1.29, 1.82) is 16.2 Å². The molecule has 170 valence electrons. The van der Waals surface area contributed by atoms with Gasteiger partial charge < -0.3 is 25.6 Å². The number of nitrogens with one attached hydrogen (secondary N) is 5. The van der Waals surface area contributed by atoms with Gasteiger partial charge in [0, 0.05) is 13.0 Å². The van der Waals surface area contributed by atoms with E-state index in [-0.39, 0.29) is 34.6 Å². The first-order chi connectivity index (χ1) is 14.9. The summed E-state index contributed by atoms with van der Waals surface area (Å²) < 4.78 is 9.89. The molecule has 2 rings (SSSR count). The van der Waals surface area contributed by atoms with Crippen LogP contribution in [-0.2, 0) is 9.47 Å². The molecular formula is C21H27N7O4. The number of nitrogen functional groups attached to an aromatic ring is 1. The van der Waals surface area contributed by atoms with E-state index in [2.05, 4.69) is 15.6 Å². The molecule has 0 spiro atoms. The highest BCUT2D eigenvalue weighted by atomic mass is 16.5. The van der Waals surface area contributed by atoms with Crippen LogP contribution in [0.15, 0.2) is 36.4 Å². The number of pyridine rings is 1. The molecule has 1 heterocycles. The molecule has 1 aromatic carbocycles. The zero-order valence-corrected chi connectivity index (χ0v) is 18.2. The van der Waals surface area contributed by atoms with Crippen molar-refractivity contribution in [3.05, 3.63) is 53.2 Å². The van der Waals surface area contributed by atoms with Crippen molar-refractivity contribution in [2.75, 3.05) is 18.2 Å². The molecule has 0 saturated carbocycles. The van der Waals surface area contributed by atoms with Crippen LogP contribution in [0.2, 0.25) is 0 Å². The Kier molecular flexibility index (Phi) is 7.50. The number of aliphatic hydroxyl groups is 1. The normalized spacial score (nSPS) is 11.8. The Morgan fingerprint density at radius 3 is 2.34 bits per heavy atom. The molecule has 1 aromatic heterocycles. The number of carbonyl (C=O) groups excluding carboxylic acids is 1. The third kappa shape index (κ3) is 6.01. The highest BCUT2D eigenvalue weighted by molar-refractivity contribution is 6.10. The number of methoxy groups -OCH3 is 1. The average Bonchev–Trinajstić information content (AvgIpc) is 2.70. The van der Waals surface area contributed by atoms with Crippen LogP contribution in [0, 0.1) is 16.2 Å². The minimum Gasteiger partial charge on any atom is -0.481 e.